The Morgan fingerprint density at radius 2 is 1.67 bits per heavy atom. The Hall–Kier alpha value is -2.96. The van der Waals surface area contributed by atoms with Crippen LogP contribution in [0.3, 0.4) is 0 Å². The number of likely N-dealkylation sites (tertiary alicyclic amines) is 1. The predicted molar refractivity (Wildman–Crippen MR) is 188 cm³/mol. The maximum atomic E-state index is 14.5. The first-order valence-corrected chi connectivity index (χ1v) is 20.0. The zero-order chi connectivity index (χ0) is 36.4. The van der Waals surface area contributed by atoms with Crippen LogP contribution >= 0.6 is 0 Å². The largest absolute Gasteiger partial charge is 0.346 e. The maximum absolute atomic E-state index is 14.5. The van der Waals surface area contributed by atoms with E-state index in [1.807, 2.05) is 27.7 Å². The highest BCUT2D eigenvalue weighted by atomic mass is 32.2. The third kappa shape index (κ3) is 8.34. The number of ketones is 1. The second-order valence-corrected chi connectivity index (χ2v) is 18.7. The molecule has 4 aliphatic rings. The van der Waals surface area contributed by atoms with Gasteiger partial charge in [0, 0.05) is 13.1 Å². The molecule has 0 radical (unpaired) electrons. The Balaban J connectivity index is 1.56. The molecule has 276 valence electrons. The second-order valence-electron chi connectivity index (χ2n) is 16.4. The predicted octanol–water partition coefficient (Wildman–Crippen LogP) is 3.40. The summed E-state index contributed by atoms with van der Waals surface area (Å²) in [4.78, 5) is 69.6. The van der Waals surface area contributed by atoms with E-state index < -0.39 is 73.7 Å². The Morgan fingerprint density at radius 3 is 2.27 bits per heavy atom. The molecule has 0 aromatic heterocycles. The van der Waals surface area contributed by atoms with Gasteiger partial charge in [0.1, 0.15) is 12.1 Å². The van der Waals surface area contributed by atoms with Crippen LogP contribution in [0.2, 0.25) is 0 Å². The van der Waals surface area contributed by atoms with Crippen LogP contribution in [0.25, 0.3) is 0 Å². The number of rotatable bonds is 13. The van der Waals surface area contributed by atoms with Crippen molar-refractivity contribution in [3.63, 3.8) is 0 Å². The lowest BCUT2D eigenvalue weighted by molar-refractivity contribution is -0.145. The summed E-state index contributed by atoms with van der Waals surface area (Å²) in [5, 5.41) is 10.7. The lowest BCUT2D eigenvalue weighted by atomic mass is 9.77. The van der Waals surface area contributed by atoms with Gasteiger partial charge in [-0.2, -0.15) is 0 Å². The number of amides is 5. The van der Waals surface area contributed by atoms with Crippen LogP contribution in [0.5, 0.6) is 0 Å². The molecule has 4 N–H and O–H groups in total. The standard InChI is InChI=1S/C36H59N5O7S/c1-8-10-16-24(28(42)31(44)37-20-9-2)38-30(43)27-26-23(35(26,6)7)22-41(27)32(45)29(34(3,4)5)39-33(46)40-36(18-13-11-14-19-36)25-17-12-15-21-49(25,47)48/h9,23-27,29H,2,8,10-22H2,1,3-7H3,(H,37,44)(H,38,43)(H2,39,40,46)/t23-,24-,25+,26-,27-,29+/m0/s1. The minimum atomic E-state index is -3.39. The quantitative estimate of drug-likeness (QED) is 0.168. The van der Waals surface area contributed by atoms with Crippen molar-refractivity contribution in [2.45, 2.75) is 141 Å². The normalized spacial score (nSPS) is 27.8. The molecule has 0 aromatic rings. The molecule has 2 aliphatic heterocycles. The van der Waals surface area contributed by atoms with Crippen molar-refractivity contribution in [1.29, 1.82) is 0 Å². The summed E-state index contributed by atoms with van der Waals surface area (Å²) in [6.45, 7) is 15.6. The number of hydrogen-bond donors (Lipinski definition) is 4. The molecule has 12 nitrogen and oxygen atoms in total. The van der Waals surface area contributed by atoms with Gasteiger partial charge in [-0.1, -0.05) is 86.1 Å². The van der Waals surface area contributed by atoms with Gasteiger partial charge < -0.3 is 26.2 Å². The Labute approximate surface area is 292 Å². The van der Waals surface area contributed by atoms with E-state index in [9.17, 15) is 32.4 Å². The van der Waals surface area contributed by atoms with E-state index in [0.717, 1.165) is 32.1 Å². The van der Waals surface area contributed by atoms with Crippen LogP contribution in [-0.2, 0) is 29.0 Å². The van der Waals surface area contributed by atoms with Gasteiger partial charge in [0.15, 0.2) is 9.84 Å². The monoisotopic (exact) mass is 705 g/mol. The van der Waals surface area contributed by atoms with E-state index in [2.05, 4.69) is 41.7 Å². The zero-order valence-corrected chi connectivity index (χ0v) is 31.2. The van der Waals surface area contributed by atoms with Crippen molar-refractivity contribution >= 4 is 39.4 Å². The van der Waals surface area contributed by atoms with Gasteiger partial charge in [-0.15, -0.1) is 6.58 Å². The summed E-state index contributed by atoms with van der Waals surface area (Å²) >= 11 is 0. The van der Waals surface area contributed by atoms with E-state index >= 15 is 0 Å². The molecule has 49 heavy (non-hydrogen) atoms. The molecule has 2 saturated carbocycles. The molecule has 4 fully saturated rings. The fourth-order valence-corrected chi connectivity index (χ4v) is 11.0. The molecule has 0 spiro atoms. The van der Waals surface area contributed by atoms with Gasteiger partial charge in [-0.3, -0.25) is 19.2 Å². The highest BCUT2D eigenvalue weighted by Crippen LogP contribution is 2.65. The first-order valence-electron chi connectivity index (χ1n) is 18.3. The van der Waals surface area contributed by atoms with Crippen LogP contribution < -0.4 is 21.3 Å². The molecule has 5 amide bonds. The molecule has 0 aromatic carbocycles. The van der Waals surface area contributed by atoms with Crippen molar-refractivity contribution in [2.75, 3.05) is 18.8 Å². The molecule has 2 aliphatic carbocycles. The molecular weight excluding hydrogens is 646 g/mol. The summed E-state index contributed by atoms with van der Waals surface area (Å²) in [7, 11) is -3.39. The number of carbonyl (C=O) groups is 5. The summed E-state index contributed by atoms with van der Waals surface area (Å²) in [6, 6.07) is -3.53. The number of unbranched alkanes of at least 4 members (excludes halogenated alkanes) is 1. The summed E-state index contributed by atoms with van der Waals surface area (Å²) in [6.07, 6.45) is 8.78. The lowest BCUT2D eigenvalue weighted by Crippen LogP contribution is -2.66. The smallest absolute Gasteiger partial charge is 0.315 e. The van der Waals surface area contributed by atoms with Gasteiger partial charge in [0.25, 0.3) is 5.91 Å². The number of urea groups is 1. The summed E-state index contributed by atoms with van der Waals surface area (Å²) in [5.41, 5.74) is -1.85. The van der Waals surface area contributed by atoms with Crippen LogP contribution in [0.15, 0.2) is 12.7 Å². The summed E-state index contributed by atoms with van der Waals surface area (Å²) in [5.74, 6) is -2.41. The fraction of sp³-hybridized carbons (Fsp3) is 0.806. The Morgan fingerprint density at radius 1 is 1.00 bits per heavy atom. The van der Waals surface area contributed by atoms with E-state index in [-0.39, 0.29) is 36.0 Å². The van der Waals surface area contributed by atoms with Gasteiger partial charge in [0.05, 0.1) is 22.6 Å². The molecule has 2 heterocycles. The average molecular weight is 706 g/mol. The second kappa shape index (κ2) is 15.1. The highest BCUT2D eigenvalue weighted by molar-refractivity contribution is 7.92. The lowest BCUT2D eigenvalue weighted by Gasteiger charge is -2.45. The van der Waals surface area contributed by atoms with E-state index in [1.54, 1.807) is 0 Å². The van der Waals surface area contributed by atoms with Crippen LogP contribution in [-0.4, -0.2) is 90.6 Å². The van der Waals surface area contributed by atoms with Gasteiger partial charge in [-0.25, -0.2) is 13.2 Å². The topological polar surface area (TPSA) is 171 Å². The van der Waals surface area contributed by atoms with Gasteiger partial charge in [0.2, 0.25) is 17.6 Å². The molecule has 0 unspecified atom stereocenters. The van der Waals surface area contributed by atoms with Crippen LogP contribution in [0.1, 0.15) is 112 Å². The number of piperidine rings is 1. The highest BCUT2D eigenvalue weighted by Gasteiger charge is 2.70. The third-order valence-corrected chi connectivity index (χ3v) is 14.0. The van der Waals surface area contributed by atoms with Crippen LogP contribution in [0.4, 0.5) is 4.79 Å². The van der Waals surface area contributed by atoms with Crippen LogP contribution in [0, 0.1) is 22.7 Å². The fourth-order valence-electron chi connectivity index (χ4n) is 8.65. The molecule has 2 saturated heterocycles. The van der Waals surface area contributed by atoms with Crippen molar-refractivity contribution in [1.82, 2.24) is 26.2 Å². The van der Waals surface area contributed by atoms with Gasteiger partial charge in [-0.05, 0) is 54.8 Å². The SMILES string of the molecule is C=CCNC(=O)C(=O)[C@H](CCCC)NC(=O)[C@@H]1[C@@H]2[C@H](CN1C(=O)[C@@H](NC(=O)NC1([C@H]3CCCCS3(=O)=O)CCCCC1)C(C)(C)C)C2(C)C. The average Bonchev–Trinajstić information content (AvgIpc) is 3.33. The third-order valence-electron chi connectivity index (χ3n) is 11.6. The number of nitrogens with zero attached hydrogens (tertiary/aromatic N) is 1. The van der Waals surface area contributed by atoms with E-state index in [4.69, 9.17) is 0 Å². The zero-order valence-electron chi connectivity index (χ0n) is 30.4. The van der Waals surface area contributed by atoms with Crippen molar-refractivity contribution in [2.24, 2.45) is 22.7 Å². The number of nitrogens with one attached hydrogen (secondary N) is 4. The number of Topliss-reactive ketones (excluding diaryl/α,β-unsaturated/α-hetero) is 1. The minimum absolute atomic E-state index is 0.0596. The number of carbonyl (C=O) groups excluding carboxylic acids is 5. The van der Waals surface area contributed by atoms with Crippen molar-refractivity contribution in [3.8, 4) is 0 Å². The first-order chi connectivity index (χ1) is 22.9. The molecule has 4 rings (SSSR count). The van der Waals surface area contributed by atoms with E-state index in [1.165, 1.54) is 11.0 Å². The number of sulfone groups is 1. The maximum Gasteiger partial charge on any atom is 0.315 e. The molecule has 13 heteroatoms. The first kappa shape index (κ1) is 38.8. The van der Waals surface area contributed by atoms with E-state index in [0.29, 0.717) is 38.6 Å². The summed E-state index contributed by atoms with van der Waals surface area (Å²) < 4.78 is 26.5. The van der Waals surface area contributed by atoms with Crippen molar-refractivity contribution in [3.05, 3.63) is 12.7 Å². The molecular formula is C36H59N5O7S. The number of hydrogen-bond acceptors (Lipinski definition) is 7. The minimum Gasteiger partial charge on any atom is -0.346 e. The Kier molecular flexibility index (Phi) is 12.0. The number of fused-ring (bicyclic) bond motifs is 1. The Bertz CT molecular complexity index is 1400. The van der Waals surface area contributed by atoms with Crippen molar-refractivity contribution < 1.29 is 32.4 Å². The molecule has 0 bridgehead atoms. The molecule has 6 atom stereocenters. The van der Waals surface area contributed by atoms with Gasteiger partial charge >= 0.3 is 6.03 Å².